The summed E-state index contributed by atoms with van der Waals surface area (Å²) in [6, 6.07) is 11.1. The minimum absolute atomic E-state index is 0.255. The molecule has 0 unspecified atom stereocenters. The molecule has 0 spiro atoms. The zero-order chi connectivity index (χ0) is 21.7. The molecule has 168 valence electrons. The molecule has 1 aliphatic rings. The van der Waals surface area contributed by atoms with Gasteiger partial charge in [0.25, 0.3) is 5.91 Å². The molecule has 3 rings (SSSR count). The van der Waals surface area contributed by atoms with Crippen LogP contribution in [0.1, 0.15) is 55.1 Å². The molecule has 7 heteroatoms. The number of anilines is 1. The molecule has 0 atom stereocenters. The number of furan rings is 1. The maximum absolute atomic E-state index is 12.0. The molecular formula is C24H35N5O2. The van der Waals surface area contributed by atoms with Crippen molar-refractivity contribution in [1.82, 2.24) is 15.5 Å². The van der Waals surface area contributed by atoms with Crippen molar-refractivity contribution >= 4 is 17.6 Å². The summed E-state index contributed by atoms with van der Waals surface area (Å²) in [7, 11) is 0. The second kappa shape index (κ2) is 12.8. The van der Waals surface area contributed by atoms with Gasteiger partial charge in [-0.15, -0.1) is 0 Å². The fourth-order valence-corrected chi connectivity index (χ4v) is 3.68. The van der Waals surface area contributed by atoms with Crippen LogP contribution in [0.3, 0.4) is 0 Å². The predicted octanol–water partition coefficient (Wildman–Crippen LogP) is 3.85. The van der Waals surface area contributed by atoms with Crippen LogP contribution in [0.5, 0.6) is 0 Å². The molecule has 1 aromatic carbocycles. The highest BCUT2D eigenvalue weighted by Gasteiger charge is 2.09. The predicted molar refractivity (Wildman–Crippen MR) is 125 cm³/mol. The van der Waals surface area contributed by atoms with Crippen molar-refractivity contribution in [1.29, 1.82) is 0 Å². The number of aliphatic imine (C=N–C) groups is 1. The zero-order valence-corrected chi connectivity index (χ0v) is 18.5. The van der Waals surface area contributed by atoms with Gasteiger partial charge in [-0.3, -0.25) is 4.79 Å². The minimum atomic E-state index is -0.255. The third kappa shape index (κ3) is 8.09. The molecule has 1 saturated heterocycles. The molecule has 0 radical (unpaired) electrons. The van der Waals surface area contributed by atoms with E-state index in [2.05, 4.69) is 27.8 Å². The Kier molecular flexibility index (Phi) is 9.44. The van der Waals surface area contributed by atoms with E-state index < -0.39 is 0 Å². The van der Waals surface area contributed by atoms with Crippen molar-refractivity contribution < 1.29 is 9.21 Å². The zero-order valence-electron chi connectivity index (χ0n) is 18.5. The summed E-state index contributed by atoms with van der Waals surface area (Å²) in [5.74, 6) is 0.883. The lowest BCUT2D eigenvalue weighted by atomic mass is 10.2. The fourth-order valence-electron chi connectivity index (χ4n) is 3.68. The Bertz CT molecular complexity index is 794. The molecule has 2 aromatic rings. The van der Waals surface area contributed by atoms with Crippen molar-refractivity contribution in [3.63, 3.8) is 0 Å². The summed E-state index contributed by atoms with van der Waals surface area (Å²) < 4.78 is 5.11. The maximum Gasteiger partial charge on any atom is 0.291 e. The second-order valence-corrected chi connectivity index (χ2v) is 7.86. The van der Waals surface area contributed by atoms with Gasteiger partial charge in [-0.25, -0.2) is 4.99 Å². The van der Waals surface area contributed by atoms with Crippen LogP contribution in [0.4, 0.5) is 5.69 Å². The molecule has 2 heterocycles. The Morgan fingerprint density at radius 3 is 2.52 bits per heavy atom. The van der Waals surface area contributed by atoms with Crippen molar-refractivity contribution in [3.8, 4) is 0 Å². The van der Waals surface area contributed by atoms with Gasteiger partial charge in [0.15, 0.2) is 11.7 Å². The summed E-state index contributed by atoms with van der Waals surface area (Å²) in [5, 5.41) is 9.58. The van der Waals surface area contributed by atoms with Gasteiger partial charge < -0.3 is 25.3 Å². The molecule has 1 fully saturated rings. The highest BCUT2D eigenvalue weighted by Crippen LogP contribution is 2.13. The Hall–Kier alpha value is -2.80. The van der Waals surface area contributed by atoms with Crippen LogP contribution in [0.25, 0.3) is 0 Å². The molecule has 1 aromatic heterocycles. The Morgan fingerprint density at radius 2 is 1.84 bits per heavy atom. The topological polar surface area (TPSA) is 81.9 Å². The number of guanidine groups is 1. The first kappa shape index (κ1) is 22.9. The number of nitrogens with zero attached hydrogens (tertiary/aromatic N) is 2. The van der Waals surface area contributed by atoms with Crippen LogP contribution in [-0.4, -0.2) is 49.5 Å². The summed E-state index contributed by atoms with van der Waals surface area (Å²) in [5.41, 5.74) is 1.81. The van der Waals surface area contributed by atoms with E-state index in [0.29, 0.717) is 12.3 Å². The number of hydrogen-bond donors (Lipinski definition) is 3. The van der Waals surface area contributed by atoms with Crippen LogP contribution < -0.4 is 16.0 Å². The van der Waals surface area contributed by atoms with Gasteiger partial charge in [-0.2, -0.15) is 0 Å². The number of rotatable bonds is 9. The van der Waals surface area contributed by atoms with Gasteiger partial charge in [0, 0.05) is 18.8 Å². The SMILES string of the molecule is CCNC(=NCc1ccc(NC(=O)c2ccco2)cc1)NCCCN1CCCCCC1. The first-order valence-corrected chi connectivity index (χ1v) is 11.4. The van der Waals surface area contributed by atoms with Crippen LogP contribution in [0, 0.1) is 0 Å². The van der Waals surface area contributed by atoms with Gasteiger partial charge in [-0.1, -0.05) is 25.0 Å². The third-order valence-electron chi connectivity index (χ3n) is 5.36. The first-order valence-electron chi connectivity index (χ1n) is 11.4. The molecule has 0 saturated carbocycles. The number of benzene rings is 1. The van der Waals surface area contributed by atoms with Crippen molar-refractivity contribution in [2.45, 2.75) is 45.6 Å². The molecule has 31 heavy (non-hydrogen) atoms. The Labute approximate surface area is 185 Å². The van der Waals surface area contributed by atoms with Gasteiger partial charge in [0.1, 0.15) is 0 Å². The van der Waals surface area contributed by atoms with E-state index in [0.717, 1.165) is 43.3 Å². The first-order chi connectivity index (χ1) is 15.2. The van der Waals surface area contributed by atoms with E-state index in [1.54, 1.807) is 12.1 Å². The smallest absolute Gasteiger partial charge is 0.291 e. The van der Waals surface area contributed by atoms with Crippen LogP contribution in [-0.2, 0) is 6.54 Å². The highest BCUT2D eigenvalue weighted by atomic mass is 16.3. The van der Waals surface area contributed by atoms with E-state index in [-0.39, 0.29) is 5.91 Å². The largest absolute Gasteiger partial charge is 0.459 e. The van der Waals surface area contributed by atoms with Crippen LogP contribution in [0.15, 0.2) is 52.1 Å². The van der Waals surface area contributed by atoms with E-state index in [1.165, 1.54) is 45.0 Å². The molecule has 0 aliphatic carbocycles. The number of nitrogens with one attached hydrogen (secondary N) is 3. The quantitative estimate of drug-likeness (QED) is 0.323. The molecule has 1 aliphatic heterocycles. The van der Waals surface area contributed by atoms with Gasteiger partial charge in [0.2, 0.25) is 0 Å². The van der Waals surface area contributed by atoms with Crippen molar-refractivity contribution in [2.75, 3.05) is 38.0 Å². The molecule has 3 N–H and O–H groups in total. The fraction of sp³-hybridized carbons (Fsp3) is 0.500. The van der Waals surface area contributed by atoms with Crippen LogP contribution in [0.2, 0.25) is 0 Å². The van der Waals surface area contributed by atoms with Gasteiger partial charge >= 0.3 is 0 Å². The molecular weight excluding hydrogens is 390 g/mol. The molecule has 0 bridgehead atoms. The van der Waals surface area contributed by atoms with E-state index >= 15 is 0 Å². The normalized spacial score (nSPS) is 15.3. The van der Waals surface area contributed by atoms with E-state index in [9.17, 15) is 4.79 Å². The lowest BCUT2D eigenvalue weighted by Crippen LogP contribution is -2.39. The second-order valence-electron chi connectivity index (χ2n) is 7.86. The lowest BCUT2D eigenvalue weighted by molar-refractivity contribution is 0.0996. The van der Waals surface area contributed by atoms with Crippen molar-refractivity contribution in [2.24, 2.45) is 4.99 Å². The van der Waals surface area contributed by atoms with Gasteiger partial charge in [0.05, 0.1) is 12.8 Å². The molecule has 7 nitrogen and oxygen atoms in total. The highest BCUT2D eigenvalue weighted by molar-refractivity contribution is 6.02. The van der Waals surface area contributed by atoms with E-state index in [1.807, 2.05) is 24.3 Å². The third-order valence-corrected chi connectivity index (χ3v) is 5.36. The van der Waals surface area contributed by atoms with Crippen molar-refractivity contribution in [3.05, 3.63) is 54.0 Å². The summed E-state index contributed by atoms with van der Waals surface area (Å²) in [4.78, 5) is 19.3. The summed E-state index contributed by atoms with van der Waals surface area (Å²) >= 11 is 0. The Balaban J connectivity index is 1.42. The lowest BCUT2D eigenvalue weighted by Gasteiger charge is -2.20. The minimum Gasteiger partial charge on any atom is -0.459 e. The van der Waals surface area contributed by atoms with Gasteiger partial charge in [-0.05, 0) is 75.6 Å². The number of likely N-dealkylation sites (tertiary alicyclic amines) is 1. The standard InChI is InChI=1S/C24H35N5O2/c1-2-25-24(26-14-8-17-29-15-5-3-4-6-16-29)27-19-20-10-12-21(13-11-20)28-23(30)22-9-7-18-31-22/h7,9-13,18H,2-6,8,14-17,19H2,1H3,(H,28,30)(H2,25,26,27). The Morgan fingerprint density at radius 1 is 1.06 bits per heavy atom. The van der Waals surface area contributed by atoms with Crippen LogP contribution >= 0.6 is 0 Å². The maximum atomic E-state index is 12.0. The summed E-state index contributed by atoms with van der Waals surface area (Å²) in [6.45, 7) is 8.03. The monoisotopic (exact) mass is 425 g/mol. The number of carbonyl (C=O) groups excluding carboxylic acids is 1. The average molecular weight is 426 g/mol. The number of carbonyl (C=O) groups is 1. The average Bonchev–Trinajstić information content (AvgIpc) is 3.21. The van der Waals surface area contributed by atoms with E-state index in [4.69, 9.17) is 9.41 Å². The number of amides is 1. The number of hydrogen-bond acceptors (Lipinski definition) is 4. The molecule has 1 amide bonds. The summed E-state index contributed by atoms with van der Waals surface area (Å²) in [6.07, 6.45) is 8.04.